The predicted molar refractivity (Wildman–Crippen MR) is 142 cm³/mol. The zero-order valence-electron chi connectivity index (χ0n) is 21.6. The zero-order chi connectivity index (χ0) is 25.8. The van der Waals surface area contributed by atoms with Crippen LogP contribution in [0.25, 0.3) is 23.1 Å². The number of nitrogens with zero attached hydrogens (tertiary/aromatic N) is 5. The van der Waals surface area contributed by atoms with Crippen LogP contribution in [0.2, 0.25) is 0 Å². The number of anilines is 1. The smallest absolute Gasteiger partial charge is 0.209 e. The molecule has 0 atom stereocenters. The van der Waals surface area contributed by atoms with Crippen molar-refractivity contribution in [1.29, 1.82) is 0 Å². The highest BCUT2D eigenvalue weighted by molar-refractivity contribution is 5.97. The fourth-order valence-electron chi connectivity index (χ4n) is 4.31. The second kappa shape index (κ2) is 10.9. The number of hydrogen-bond acceptors (Lipinski definition) is 7. The highest BCUT2D eigenvalue weighted by atomic mass is 16.5. The molecule has 188 valence electrons. The van der Waals surface area contributed by atoms with Gasteiger partial charge < -0.3 is 14.7 Å². The van der Waals surface area contributed by atoms with Crippen LogP contribution < -0.4 is 14.9 Å². The van der Waals surface area contributed by atoms with E-state index in [9.17, 15) is 9.90 Å². The van der Waals surface area contributed by atoms with Crippen molar-refractivity contribution < 1.29 is 14.6 Å². The molecule has 0 saturated carbocycles. The molecule has 0 bridgehead atoms. The van der Waals surface area contributed by atoms with E-state index in [4.69, 9.17) is 9.72 Å². The van der Waals surface area contributed by atoms with Gasteiger partial charge in [0.25, 0.3) is 0 Å². The quantitative estimate of drug-likeness (QED) is 0.341. The van der Waals surface area contributed by atoms with Gasteiger partial charge in [-0.25, -0.2) is 4.98 Å². The number of rotatable bonds is 10. The summed E-state index contributed by atoms with van der Waals surface area (Å²) in [6.45, 7) is 9.72. The van der Waals surface area contributed by atoms with Gasteiger partial charge in [-0.05, 0) is 68.7 Å². The molecule has 0 aliphatic rings. The van der Waals surface area contributed by atoms with Crippen LogP contribution in [-0.4, -0.2) is 57.5 Å². The summed E-state index contributed by atoms with van der Waals surface area (Å²) in [5.41, 5.74) is 5.59. The number of aryl methyl sites for hydroxylation is 2. The fraction of sp³-hybridized carbons (Fsp3) is 0.357. The molecule has 0 aliphatic carbocycles. The Balaban J connectivity index is 1.84. The second-order valence-electron chi connectivity index (χ2n) is 8.91. The number of Topliss-reactive ketones (excluding diaryl/α,β-unsaturated/α-hetero) is 1. The van der Waals surface area contributed by atoms with Gasteiger partial charge in [0.1, 0.15) is 18.1 Å². The minimum atomic E-state index is -0.639. The minimum Gasteiger partial charge on any atom is -0.496 e. The lowest BCUT2D eigenvalue weighted by molar-refractivity contribution is 0.0897. The molecule has 2 heterocycles. The average Bonchev–Trinajstić information content (AvgIpc) is 3.44. The van der Waals surface area contributed by atoms with E-state index in [0.717, 1.165) is 48.2 Å². The van der Waals surface area contributed by atoms with Gasteiger partial charge in [0, 0.05) is 18.8 Å². The van der Waals surface area contributed by atoms with E-state index < -0.39 is 12.4 Å². The molecule has 4 rings (SSSR count). The van der Waals surface area contributed by atoms with Crippen molar-refractivity contribution in [3.05, 3.63) is 64.0 Å². The molecule has 8 heteroatoms. The fourth-order valence-corrected chi connectivity index (χ4v) is 4.31. The standard InChI is InChI=1S/C28H33N5O3/c1-6-8-13-32(7-2)21-11-10-20(19(4)15-21)16-23-26(24(35)17-34)30-33-28(23)29-27(31-33)22-14-18(3)9-12-25(22)36-5/h9-12,14-16,34H,6-8,13,17H2,1-5H3/b23-16-. The normalized spacial score (nSPS) is 11.9. The lowest BCUT2D eigenvalue weighted by Gasteiger charge is -2.23. The summed E-state index contributed by atoms with van der Waals surface area (Å²) < 4.78 is 6.86. The van der Waals surface area contributed by atoms with Crippen LogP contribution >= 0.6 is 0 Å². The van der Waals surface area contributed by atoms with E-state index in [-0.39, 0.29) is 5.69 Å². The third kappa shape index (κ3) is 4.95. The van der Waals surface area contributed by atoms with E-state index in [1.165, 1.54) is 10.3 Å². The monoisotopic (exact) mass is 487 g/mol. The first-order valence-corrected chi connectivity index (χ1v) is 12.3. The topological polar surface area (TPSA) is 92.9 Å². The highest BCUT2D eigenvalue weighted by Crippen LogP contribution is 2.28. The molecule has 1 N–H and O–H groups in total. The molecule has 2 aromatic heterocycles. The molecule has 0 radical (unpaired) electrons. The molecule has 2 aromatic carbocycles. The molecule has 4 aromatic rings. The van der Waals surface area contributed by atoms with Gasteiger partial charge in [0.15, 0.2) is 11.5 Å². The average molecular weight is 488 g/mol. The maximum absolute atomic E-state index is 12.5. The number of aliphatic hydroxyl groups excluding tert-OH is 1. The summed E-state index contributed by atoms with van der Waals surface area (Å²) in [7, 11) is 1.60. The number of unbranched alkanes of at least 4 members (excludes halogenated alkanes) is 1. The summed E-state index contributed by atoms with van der Waals surface area (Å²) in [6, 6.07) is 12.1. The van der Waals surface area contributed by atoms with Gasteiger partial charge in [-0.1, -0.05) is 31.0 Å². The van der Waals surface area contributed by atoms with E-state index in [2.05, 4.69) is 54.1 Å². The lowest BCUT2D eigenvalue weighted by atomic mass is 10.0. The minimum absolute atomic E-state index is 0.150. The first kappa shape index (κ1) is 25.3. The van der Waals surface area contributed by atoms with Crippen LogP contribution in [0.1, 0.15) is 53.9 Å². The number of hydrogen-bond donors (Lipinski definition) is 1. The zero-order valence-corrected chi connectivity index (χ0v) is 21.6. The van der Waals surface area contributed by atoms with Gasteiger partial charge in [-0.2, -0.15) is 0 Å². The van der Waals surface area contributed by atoms with Crippen molar-refractivity contribution in [3.63, 3.8) is 0 Å². The number of aromatic nitrogens is 4. The molecule has 0 unspecified atom stereocenters. The Morgan fingerprint density at radius 1 is 1.14 bits per heavy atom. The number of fused-ring (bicyclic) bond motifs is 1. The van der Waals surface area contributed by atoms with Crippen LogP contribution in [0.15, 0.2) is 36.4 Å². The molecule has 36 heavy (non-hydrogen) atoms. The first-order chi connectivity index (χ1) is 17.4. The summed E-state index contributed by atoms with van der Waals surface area (Å²) >= 11 is 0. The highest BCUT2D eigenvalue weighted by Gasteiger charge is 2.20. The molecule has 0 aliphatic heterocycles. The van der Waals surface area contributed by atoms with Crippen molar-refractivity contribution in [2.45, 2.75) is 40.5 Å². The lowest BCUT2D eigenvalue weighted by Crippen LogP contribution is -2.23. The maximum atomic E-state index is 12.5. The van der Waals surface area contributed by atoms with Crippen LogP contribution in [0.5, 0.6) is 5.75 Å². The largest absolute Gasteiger partial charge is 0.496 e. The molecule has 0 fully saturated rings. The second-order valence-corrected chi connectivity index (χ2v) is 8.91. The van der Waals surface area contributed by atoms with Crippen molar-refractivity contribution in [2.75, 3.05) is 31.7 Å². The molecule has 0 amide bonds. The van der Waals surface area contributed by atoms with Crippen LogP contribution in [-0.2, 0) is 0 Å². The Kier molecular flexibility index (Phi) is 7.64. The van der Waals surface area contributed by atoms with Crippen molar-refractivity contribution >= 4 is 23.2 Å². The van der Waals surface area contributed by atoms with Gasteiger partial charge in [0.2, 0.25) is 5.78 Å². The van der Waals surface area contributed by atoms with Crippen LogP contribution in [0, 0.1) is 13.8 Å². The Morgan fingerprint density at radius 2 is 1.94 bits per heavy atom. The number of aliphatic hydroxyl groups is 1. The predicted octanol–water partition coefficient (Wildman–Crippen LogP) is 3.77. The Labute approximate surface area is 211 Å². The van der Waals surface area contributed by atoms with Crippen molar-refractivity contribution in [2.24, 2.45) is 0 Å². The van der Waals surface area contributed by atoms with Crippen LogP contribution in [0.3, 0.4) is 0 Å². The number of benzene rings is 2. The van der Waals surface area contributed by atoms with E-state index in [1.807, 2.05) is 31.2 Å². The molecule has 0 saturated heterocycles. The van der Waals surface area contributed by atoms with Crippen LogP contribution in [0.4, 0.5) is 5.69 Å². The Morgan fingerprint density at radius 3 is 2.61 bits per heavy atom. The Bertz CT molecular complexity index is 1440. The number of carbonyl (C=O) groups excluding carboxylic acids is 1. The van der Waals surface area contributed by atoms with E-state index in [0.29, 0.717) is 22.4 Å². The Hall–Kier alpha value is -3.78. The van der Waals surface area contributed by atoms with Gasteiger partial charge >= 0.3 is 0 Å². The molecular formula is C28H33N5O3. The van der Waals surface area contributed by atoms with Gasteiger partial charge in [0.05, 0.1) is 17.9 Å². The SMILES string of the molecule is CCCCN(CC)c1ccc(/C=c2/c(C(=O)CO)nn3nc(-c4cc(C)ccc4OC)nc23)c(C)c1. The van der Waals surface area contributed by atoms with Crippen molar-refractivity contribution in [1.82, 2.24) is 19.8 Å². The van der Waals surface area contributed by atoms with Gasteiger partial charge in [-0.3, -0.25) is 4.79 Å². The number of methoxy groups -OCH3 is 1. The number of ether oxygens (including phenoxy) is 1. The van der Waals surface area contributed by atoms with E-state index >= 15 is 0 Å². The van der Waals surface area contributed by atoms with Gasteiger partial charge in [-0.15, -0.1) is 14.8 Å². The summed E-state index contributed by atoms with van der Waals surface area (Å²) in [5, 5.41) is 19.0. The summed E-state index contributed by atoms with van der Waals surface area (Å²) in [5.74, 6) is 0.632. The number of ketones is 1. The summed E-state index contributed by atoms with van der Waals surface area (Å²) in [6.07, 6.45) is 4.20. The third-order valence-corrected chi connectivity index (χ3v) is 6.37. The van der Waals surface area contributed by atoms with E-state index in [1.54, 1.807) is 7.11 Å². The third-order valence-electron chi connectivity index (χ3n) is 6.37. The molecule has 0 spiro atoms. The van der Waals surface area contributed by atoms with Crippen molar-refractivity contribution in [3.8, 4) is 17.1 Å². The summed E-state index contributed by atoms with van der Waals surface area (Å²) in [4.78, 5) is 19.6. The first-order valence-electron chi connectivity index (χ1n) is 12.3. The maximum Gasteiger partial charge on any atom is 0.209 e. The number of carbonyl (C=O) groups is 1. The molecule has 8 nitrogen and oxygen atoms in total. The molecular weight excluding hydrogens is 454 g/mol.